The second-order valence-electron chi connectivity index (χ2n) is 10.5. The van der Waals surface area contributed by atoms with Gasteiger partial charge in [0.25, 0.3) is 5.91 Å². The van der Waals surface area contributed by atoms with E-state index in [0.29, 0.717) is 25.9 Å². The van der Waals surface area contributed by atoms with Gasteiger partial charge in [-0.3, -0.25) is 18.9 Å². The number of nitrogens with one attached hydrogen (secondary N) is 3. The van der Waals surface area contributed by atoms with Crippen molar-refractivity contribution in [3.63, 3.8) is 0 Å². The summed E-state index contributed by atoms with van der Waals surface area (Å²) in [7, 11) is 4.49. The predicted octanol–water partition coefficient (Wildman–Crippen LogP) is 1.74. The Balaban J connectivity index is 1.29. The Morgan fingerprint density at radius 2 is 1.67 bits per heavy atom. The second kappa shape index (κ2) is 13.0. The van der Waals surface area contributed by atoms with E-state index in [4.69, 9.17) is 9.47 Å². The van der Waals surface area contributed by atoms with Gasteiger partial charge in [-0.2, -0.15) is 0 Å². The van der Waals surface area contributed by atoms with Crippen LogP contribution in [0.3, 0.4) is 0 Å². The molecule has 1 fully saturated rings. The molecule has 0 saturated carbocycles. The van der Waals surface area contributed by atoms with Crippen molar-refractivity contribution < 1.29 is 29.0 Å². The summed E-state index contributed by atoms with van der Waals surface area (Å²) in [5.41, 5.74) is 0.959. The summed E-state index contributed by atoms with van der Waals surface area (Å²) < 4.78 is 13.9. The molecule has 2 aromatic carbocycles. The summed E-state index contributed by atoms with van der Waals surface area (Å²) in [5, 5.41) is 15.1. The number of hydrogen-bond acceptors (Lipinski definition) is 8. The summed E-state index contributed by atoms with van der Waals surface area (Å²) in [6, 6.07) is 10.2. The Labute approximate surface area is 256 Å². The summed E-state index contributed by atoms with van der Waals surface area (Å²) in [6.45, 7) is 0.613. The molecule has 3 heterocycles. The molecule has 0 aliphatic carbocycles. The molecule has 15 nitrogen and oxygen atoms in total. The van der Waals surface area contributed by atoms with Crippen molar-refractivity contribution in [2.24, 2.45) is 7.05 Å². The van der Waals surface area contributed by atoms with E-state index in [0.717, 1.165) is 17.2 Å². The molecule has 1 aliphatic heterocycles. The van der Waals surface area contributed by atoms with Crippen LogP contribution < -0.4 is 31.5 Å². The fourth-order valence-corrected chi connectivity index (χ4v) is 5.60. The first-order chi connectivity index (χ1) is 21.6. The number of aromatic amines is 1. The van der Waals surface area contributed by atoms with Crippen LogP contribution in [0.15, 0.2) is 58.3 Å². The van der Waals surface area contributed by atoms with Crippen LogP contribution in [0.1, 0.15) is 34.8 Å². The maximum atomic E-state index is 13.2. The van der Waals surface area contributed by atoms with Gasteiger partial charge in [-0.15, -0.1) is 0 Å². The molecule has 1 atom stereocenters. The summed E-state index contributed by atoms with van der Waals surface area (Å²) in [6.07, 6.45) is 1.85. The maximum Gasteiger partial charge on any atom is 0.346 e. The molecule has 4 N–H and O–H groups in total. The van der Waals surface area contributed by atoms with Crippen LogP contribution in [0.25, 0.3) is 11.0 Å². The molecular formula is C30H33N7O8. The van der Waals surface area contributed by atoms with E-state index in [1.54, 1.807) is 34.4 Å². The van der Waals surface area contributed by atoms with E-state index >= 15 is 0 Å². The normalized spacial score (nSPS) is 14.2. The van der Waals surface area contributed by atoms with E-state index in [1.165, 1.54) is 19.1 Å². The van der Waals surface area contributed by atoms with Crippen LogP contribution in [0, 0.1) is 0 Å². The number of anilines is 1. The fraction of sp³-hybridized carbons (Fsp3) is 0.333. The van der Waals surface area contributed by atoms with Gasteiger partial charge < -0.3 is 30.1 Å². The molecule has 4 aromatic rings. The fourth-order valence-electron chi connectivity index (χ4n) is 5.60. The molecule has 0 radical (unpaired) electrons. The number of piperidine rings is 1. The Hall–Kier alpha value is -5.60. The smallest absolute Gasteiger partial charge is 0.346 e. The molecule has 1 aliphatic rings. The second-order valence-corrected chi connectivity index (χ2v) is 10.5. The van der Waals surface area contributed by atoms with E-state index in [-0.39, 0.29) is 46.6 Å². The zero-order valence-corrected chi connectivity index (χ0v) is 24.9. The molecular weight excluding hydrogens is 586 g/mol. The lowest BCUT2D eigenvalue weighted by Crippen LogP contribution is -2.51. The number of urea groups is 1. The Morgan fingerprint density at radius 3 is 2.29 bits per heavy atom. The lowest BCUT2D eigenvalue weighted by Gasteiger charge is -2.33. The van der Waals surface area contributed by atoms with Gasteiger partial charge in [0.15, 0.2) is 0 Å². The van der Waals surface area contributed by atoms with Gasteiger partial charge in [-0.1, -0.05) is 18.2 Å². The third kappa shape index (κ3) is 6.23. The molecule has 0 spiro atoms. The van der Waals surface area contributed by atoms with Crippen LogP contribution in [-0.4, -0.2) is 80.4 Å². The summed E-state index contributed by atoms with van der Waals surface area (Å²) >= 11 is 0. The number of carboxylic acids is 1. The maximum absolute atomic E-state index is 13.2. The van der Waals surface area contributed by atoms with Crippen molar-refractivity contribution >= 4 is 34.8 Å². The van der Waals surface area contributed by atoms with Crippen LogP contribution >= 0.6 is 0 Å². The molecule has 5 rings (SSSR count). The lowest BCUT2D eigenvalue weighted by molar-refractivity contribution is -0.139. The number of aryl methyl sites for hydroxylation is 1. The molecule has 2 aromatic heterocycles. The highest BCUT2D eigenvalue weighted by Gasteiger charge is 2.30. The number of nitrogens with zero attached hydrogens (tertiary/aromatic N) is 4. The Morgan fingerprint density at radius 1 is 1.02 bits per heavy atom. The number of ether oxygens (including phenoxy) is 2. The number of fused-ring (bicyclic) bond motifs is 1. The van der Waals surface area contributed by atoms with Crippen molar-refractivity contribution in [3.8, 4) is 11.5 Å². The van der Waals surface area contributed by atoms with E-state index < -0.39 is 29.6 Å². The van der Waals surface area contributed by atoms with Crippen molar-refractivity contribution in [1.29, 1.82) is 0 Å². The first kappa shape index (κ1) is 30.8. The number of aromatic nitrogens is 4. The summed E-state index contributed by atoms with van der Waals surface area (Å²) in [4.78, 5) is 71.3. The molecule has 15 heteroatoms. The number of H-pyrrole nitrogens is 1. The van der Waals surface area contributed by atoms with E-state index in [9.17, 15) is 29.1 Å². The molecule has 236 valence electrons. The number of carbonyl (C=O) groups is 3. The standard InChI is InChI=1S/C30H33N7O8/c1-35-20-7-4-5-8-21(20)37(30(35)43)18-11-13-36(14-12-18)29(42)32-19(27(39)40)15-17-16-31-28(41)34-25(17)33-26(38)24-22(44-2)9-6-10-23(24)45-3/h4-10,16,18-19H,11-15H2,1-3H3,(H,32,42)(H,39,40)(H2,31,33,34,38,41). The minimum absolute atomic E-state index is 0.0587. The number of imidazole rings is 1. The van der Waals surface area contributed by atoms with Crippen LogP contribution in [0.2, 0.25) is 0 Å². The quantitative estimate of drug-likeness (QED) is 0.216. The number of likely N-dealkylation sites (tertiary alicyclic amines) is 1. The molecule has 0 bridgehead atoms. The number of rotatable bonds is 9. The average Bonchev–Trinajstić information content (AvgIpc) is 3.30. The van der Waals surface area contributed by atoms with Gasteiger partial charge in [-0.05, 0) is 37.1 Å². The van der Waals surface area contributed by atoms with Gasteiger partial charge in [0, 0.05) is 44.4 Å². The largest absolute Gasteiger partial charge is 0.496 e. The van der Waals surface area contributed by atoms with Crippen molar-refractivity contribution in [2.45, 2.75) is 31.3 Å². The number of amides is 3. The first-order valence-electron chi connectivity index (χ1n) is 14.2. The van der Waals surface area contributed by atoms with Gasteiger partial charge >= 0.3 is 23.4 Å². The van der Waals surface area contributed by atoms with Crippen LogP contribution in [0.4, 0.5) is 10.6 Å². The third-order valence-corrected chi connectivity index (χ3v) is 7.92. The minimum atomic E-state index is -1.42. The number of methoxy groups -OCH3 is 2. The highest BCUT2D eigenvalue weighted by atomic mass is 16.5. The monoisotopic (exact) mass is 619 g/mol. The van der Waals surface area contributed by atoms with Crippen LogP contribution in [0.5, 0.6) is 11.5 Å². The molecule has 45 heavy (non-hydrogen) atoms. The Bertz CT molecular complexity index is 1850. The number of hydrogen-bond donors (Lipinski definition) is 4. The predicted molar refractivity (Wildman–Crippen MR) is 163 cm³/mol. The lowest BCUT2D eigenvalue weighted by atomic mass is 10.0. The minimum Gasteiger partial charge on any atom is -0.496 e. The highest BCUT2D eigenvalue weighted by Crippen LogP contribution is 2.29. The highest BCUT2D eigenvalue weighted by molar-refractivity contribution is 6.08. The molecule has 1 unspecified atom stereocenters. The third-order valence-electron chi connectivity index (χ3n) is 7.92. The molecule has 3 amide bonds. The number of carbonyl (C=O) groups excluding carboxylic acids is 2. The number of aliphatic carboxylic acids is 1. The zero-order chi connectivity index (χ0) is 32.2. The Kier molecular flexibility index (Phi) is 8.88. The van der Waals surface area contributed by atoms with Gasteiger partial charge in [0.05, 0.1) is 25.3 Å². The number of para-hydroxylation sites is 2. The number of benzene rings is 2. The van der Waals surface area contributed by atoms with Crippen molar-refractivity contribution in [1.82, 2.24) is 29.3 Å². The zero-order valence-electron chi connectivity index (χ0n) is 24.9. The average molecular weight is 620 g/mol. The van der Waals surface area contributed by atoms with Gasteiger partial charge in [0.2, 0.25) is 0 Å². The van der Waals surface area contributed by atoms with E-state index in [1.807, 2.05) is 24.3 Å². The molecule has 1 saturated heterocycles. The summed E-state index contributed by atoms with van der Waals surface area (Å²) in [5.74, 6) is -1.66. The van der Waals surface area contributed by atoms with Crippen molar-refractivity contribution in [3.05, 3.63) is 80.8 Å². The topological polar surface area (TPSA) is 190 Å². The first-order valence-corrected chi connectivity index (χ1v) is 14.2. The van der Waals surface area contributed by atoms with Crippen molar-refractivity contribution in [2.75, 3.05) is 32.6 Å². The van der Waals surface area contributed by atoms with Gasteiger partial charge in [-0.25, -0.2) is 24.2 Å². The van der Waals surface area contributed by atoms with Crippen LogP contribution in [-0.2, 0) is 18.3 Å². The van der Waals surface area contributed by atoms with E-state index in [2.05, 4.69) is 20.6 Å². The van der Waals surface area contributed by atoms with Gasteiger partial charge in [0.1, 0.15) is 28.9 Å². The SMILES string of the molecule is COc1cccc(OC)c1C(=O)Nc1[nH]c(=O)ncc1CC(NC(=O)N1CCC(n2c(=O)n(C)c3ccccc32)CC1)C(=O)O. The number of carboxylic acid groups (broad SMARTS) is 1.